The number of nitrogens with zero attached hydrogens (tertiary/aromatic N) is 1. The number of likely N-dealkylation sites (tertiary alicyclic amines) is 1. The molecule has 0 radical (unpaired) electrons. The second-order valence-electron chi connectivity index (χ2n) is 8.36. The van der Waals surface area contributed by atoms with Crippen molar-refractivity contribution in [3.05, 3.63) is 76.4 Å². The van der Waals surface area contributed by atoms with Crippen molar-refractivity contribution in [1.29, 1.82) is 0 Å². The van der Waals surface area contributed by atoms with Crippen molar-refractivity contribution < 1.29 is 24.3 Å². The van der Waals surface area contributed by atoms with E-state index in [1.807, 2.05) is 50.2 Å². The minimum atomic E-state index is -0.687. The van der Waals surface area contributed by atoms with E-state index in [0.29, 0.717) is 25.3 Å². The molecule has 2 fully saturated rings. The van der Waals surface area contributed by atoms with Crippen LogP contribution in [0.3, 0.4) is 0 Å². The van der Waals surface area contributed by atoms with Crippen LogP contribution in [0, 0.1) is 13.8 Å². The average molecular weight is 421 g/mol. The lowest BCUT2D eigenvalue weighted by Gasteiger charge is -2.30. The van der Waals surface area contributed by atoms with Crippen LogP contribution in [0.25, 0.3) is 5.76 Å². The molecule has 6 nitrogen and oxygen atoms in total. The summed E-state index contributed by atoms with van der Waals surface area (Å²) in [7, 11) is 0. The Balaban J connectivity index is 1.72. The fourth-order valence-corrected chi connectivity index (χ4v) is 4.25. The van der Waals surface area contributed by atoms with Crippen molar-refractivity contribution in [1.82, 2.24) is 4.90 Å². The molecule has 162 valence electrons. The van der Waals surface area contributed by atoms with Crippen LogP contribution in [0.5, 0.6) is 0 Å². The number of morpholine rings is 1. The van der Waals surface area contributed by atoms with E-state index in [0.717, 1.165) is 36.3 Å². The van der Waals surface area contributed by atoms with Crippen molar-refractivity contribution in [2.24, 2.45) is 0 Å². The molecular weight excluding hydrogens is 392 g/mol. The first-order valence-corrected chi connectivity index (χ1v) is 10.8. The molecule has 1 N–H and O–H groups in total. The smallest absolute Gasteiger partial charge is 0.295 e. The monoisotopic (exact) mass is 420 g/mol. The third kappa shape index (κ3) is 4.40. The highest BCUT2D eigenvalue weighted by Gasteiger charge is 2.44. The summed E-state index contributed by atoms with van der Waals surface area (Å²) in [6, 6.07) is 14.2. The molecule has 2 heterocycles. The summed E-state index contributed by atoms with van der Waals surface area (Å²) in [5.74, 6) is -1.65. The Hall–Kier alpha value is -2.96. The largest absolute Gasteiger partial charge is 0.872 e. The van der Waals surface area contributed by atoms with Gasteiger partial charge in [-0.25, -0.2) is 0 Å². The topological polar surface area (TPSA) is 74.1 Å². The van der Waals surface area contributed by atoms with Crippen molar-refractivity contribution in [3.8, 4) is 0 Å². The zero-order chi connectivity index (χ0) is 22.0. The predicted octanol–water partition coefficient (Wildman–Crippen LogP) is 0.443. The van der Waals surface area contributed by atoms with Crippen LogP contribution in [-0.4, -0.2) is 56.0 Å². The molecule has 2 saturated heterocycles. The number of rotatable bonds is 5. The minimum absolute atomic E-state index is 0.0506. The van der Waals surface area contributed by atoms with E-state index in [1.54, 1.807) is 17.0 Å². The number of carbonyl (C=O) groups is 2. The Morgan fingerprint density at radius 3 is 2.19 bits per heavy atom. The fraction of sp³-hybridized carbons (Fsp3) is 0.360. The maximum atomic E-state index is 13.4. The second-order valence-corrected chi connectivity index (χ2v) is 8.36. The van der Waals surface area contributed by atoms with Gasteiger partial charge in [0.05, 0.1) is 32.3 Å². The maximum absolute atomic E-state index is 13.4. The molecule has 4 rings (SSSR count). The predicted molar refractivity (Wildman–Crippen MR) is 115 cm³/mol. The summed E-state index contributed by atoms with van der Waals surface area (Å²) >= 11 is 0. The Labute approximate surface area is 182 Å². The minimum Gasteiger partial charge on any atom is -0.872 e. The molecule has 2 aromatic rings. The van der Waals surface area contributed by atoms with Gasteiger partial charge in [0.15, 0.2) is 0 Å². The third-order valence-electron chi connectivity index (χ3n) is 6.14. The molecule has 0 aliphatic carbocycles. The second kappa shape index (κ2) is 9.04. The summed E-state index contributed by atoms with van der Waals surface area (Å²) in [6.45, 7) is 8.22. The lowest BCUT2D eigenvalue weighted by atomic mass is 9.94. The molecule has 0 aromatic heterocycles. The van der Waals surface area contributed by atoms with Gasteiger partial charge in [-0.05, 0) is 25.0 Å². The van der Waals surface area contributed by atoms with Gasteiger partial charge in [0.2, 0.25) is 5.78 Å². The van der Waals surface area contributed by atoms with Crippen LogP contribution >= 0.6 is 0 Å². The number of carbonyl (C=O) groups excluding carboxylic acids is 2. The summed E-state index contributed by atoms with van der Waals surface area (Å²) < 4.78 is 5.41. The molecule has 31 heavy (non-hydrogen) atoms. The zero-order valence-corrected chi connectivity index (χ0v) is 18.0. The molecular formula is C25H28N2O4. The van der Waals surface area contributed by atoms with Gasteiger partial charge < -0.3 is 19.6 Å². The quantitative estimate of drug-likeness (QED) is 0.433. The molecule has 1 amide bonds. The first-order chi connectivity index (χ1) is 15.0. The summed E-state index contributed by atoms with van der Waals surface area (Å²) in [4.78, 5) is 28.9. The highest BCUT2D eigenvalue weighted by molar-refractivity contribution is 6.46. The van der Waals surface area contributed by atoms with Crippen LogP contribution in [0.1, 0.15) is 28.3 Å². The van der Waals surface area contributed by atoms with Crippen LogP contribution in [0.2, 0.25) is 0 Å². The van der Waals surface area contributed by atoms with Gasteiger partial charge >= 0.3 is 0 Å². The van der Waals surface area contributed by atoms with E-state index >= 15 is 0 Å². The summed E-state index contributed by atoms with van der Waals surface area (Å²) in [5.41, 5.74) is 3.38. The van der Waals surface area contributed by atoms with E-state index in [9.17, 15) is 14.7 Å². The zero-order valence-electron chi connectivity index (χ0n) is 18.0. The van der Waals surface area contributed by atoms with Gasteiger partial charge in [0.25, 0.3) is 5.91 Å². The van der Waals surface area contributed by atoms with Crippen LogP contribution in [0.15, 0.2) is 54.1 Å². The van der Waals surface area contributed by atoms with E-state index in [4.69, 9.17) is 4.74 Å². The van der Waals surface area contributed by atoms with Gasteiger partial charge in [0.1, 0.15) is 13.1 Å². The van der Waals surface area contributed by atoms with Gasteiger partial charge in [0, 0.05) is 5.57 Å². The number of aryl methyl sites for hydroxylation is 2. The fourth-order valence-electron chi connectivity index (χ4n) is 4.25. The Bertz CT molecular complexity index is 989. The van der Waals surface area contributed by atoms with E-state index in [1.165, 1.54) is 4.90 Å². The van der Waals surface area contributed by atoms with Crippen molar-refractivity contribution in [2.45, 2.75) is 19.9 Å². The van der Waals surface area contributed by atoms with Gasteiger partial charge in [-0.15, -0.1) is 0 Å². The number of nitrogens with one attached hydrogen (secondary N) is 1. The van der Waals surface area contributed by atoms with E-state index in [2.05, 4.69) is 0 Å². The Morgan fingerprint density at radius 2 is 1.58 bits per heavy atom. The number of ketones is 1. The SMILES string of the molecule is Cc1ccc(/C([O-])=C2\C(=O)C(=O)N(CC[NH+]3CCOCC3)C2c2ccc(C)cc2)cc1. The molecule has 0 saturated carbocycles. The Morgan fingerprint density at radius 1 is 1.00 bits per heavy atom. The van der Waals surface area contributed by atoms with Crippen LogP contribution in [-0.2, 0) is 14.3 Å². The lowest BCUT2D eigenvalue weighted by molar-refractivity contribution is -0.907. The number of ether oxygens (including phenoxy) is 1. The number of amides is 1. The first-order valence-electron chi connectivity index (χ1n) is 10.8. The number of benzene rings is 2. The van der Waals surface area contributed by atoms with Crippen molar-refractivity contribution >= 4 is 17.4 Å². The first kappa shape index (κ1) is 21.3. The van der Waals surface area contributed by atoms with E-state index < -0.39 is 17.7 Å². The molecule has 0 bridgehead atoms. The van der Waals surface area contributed by atoms with E-state index in [-0.39, 0.29) is 11.3 Å². The standard InChI is InChI=1S/C25H28N2O4/c1-17-3-7-19(8-4-17)22-21(23(28)20-9-5-18(2)6-10-20)24(29)25(30)27(22)12-11-26-13-15-31-16-14-26/h3-10,22,28H,11-16H2,1-2H3/b23-21+. The number of hydrogen-bond donors (Lipinski definition) is 1. The Kier molecular flexibility index (Phi) is 6.20. The highest BCUT2D eigenvalue weighted by atomic mass is 16.5. The lowest BCUT2D eigenvalue weighted by Crippen LogP contribution is -3.14. The van der Waals surface area contributed by atoms with Crippen LogP contribution in [0.4, 0.5) is 0 Å². The highest BCUT2D eigenvalue weighted by Crippen LogP contribution is 2.38. The van der Waals surface area contributed by atoms with Gasteiger partial charge in [-0.2, -0.15) is 0 Å². The molecule has 2 aromatic carbocycles. The summed E-state index contributed by atoms with van der Waals surface area (Å²) in [6.07, 6.45) is 0. The normalized spacial score (nSPS) is 21.6. The molecule has 2 aliphatic heterocycles. The van der Waals surface area contributed by atoms with Gasteiger partial charge in [-0.3, -0.25) is 9.59 Å². The number of quaternary nitrogens is 1. The maximum Gasteiger partial charge on any atom is 0.295 e. The molecule has 6 heteroatoms. The molecule has 2 aliphatic rings. The summed E-state index contributed by atoms with van der Waals surface area (Å²) in [5, 5.41) is 13.4. The molecule has 1 unspecified atom stereocenters. The van der Waals surface area contributed by atoms with Crippen LogP contribution < -0.4 is 10.0 Å². The van der Waals surface area contributed by atoms with Crippen molar-refractivity contribution in [2.75, 3.05) is 39.4 Å². The molecule has 0 spiro atoms. The average Bonchev–Trinajstić information content (AvgIpc) is 3.04. The third-order valence-corrected chi connectivity index (χ3v) is 6.14. The van der Waals surface area contributed by atoms with Crippen molar-refractivity contribution in [3.63, 3.8) is 0 Å². The molecule has 1 atom stereocenters. The number of hydrogen-bond acceptors (Lipinski definition) is 4. The number of Topliss-reactive ketones (excluding diaryl/α,β-unsaturated/α-hetero) is 1. The van der Waals surface area contributed by atoms with Gasteiger partial charge in [-0.1, -0.05) is 65.4 Å².